The lowest BCUT2D eigenvalue weighted by Crippen LogP contribution is -2.17. The lowest BCUT2D eigenvalue weighted by molar-refractivity contribution is 0.0684. The second-order valence-electron chi connectivity index (χ2n) is 7.65. The average Bonchev–Trinajstić information content (AvgIpc) is 3.13. The maximum absolute atomic E-state index is 14.4. The molecule has 0 unspecified atom stereocenters. The Kier molecular flexibility index (Phi) is 6.60. The van der Waals surface area contributed by atoms with Gasteiger partial charge in [-0.2, -0.15) is 0 Å². The number of carboxylic acids is 1. The molecule has 0 radical (unpaired) electrons. The van der Waals surface area contributed by atoms with E-state index in [0.717, 1.165) is 16.7 Å². The summed E-state index contributed by atoms with van der Waals surface area (Å²) in [6, 6.07) is 19.5. The Morgan fingerprint density at radius 2 is 1.73 bits per heavy atom. The Hall–Kier alpha value is -3.84. The number of carbonyl (C=O) groups is 1. The second-order valence-corrected chi connectivity index (χ2v) is 7.65. The van der Waals surface area contributed by atoms with Gasteiger partial charge in [0.2, 0.25) is 0 Å². The topological polar surface area (TPSA) is 72.7 Å². The van der Waals surface area contributed by atoms with Gasteiger partial charge < -0.3 is 24.5 Å². The van der Waals surface area contributed by atoms with Crippen LogP contribution in [0.4, 0.5) is 4.39 Å². The maximum atomic E-state index is 14.4. The summed E-state index contributed by atoms with van der Waals surface area (Å²) in [5.74, 6) is -0.0901. The summed E-state index contributed by atoms with van der Waals surface area (Å²) in [6.45, 7) is 0.951. The molecular formula is C26H25FN2O4. The predicted octanol–water partition coefficient (Wildman–Crippen LogP) is 4.83. The number of nitrogens with zero attached hydrogens (tertiary/aromatic N) is 1. The largest absolute Gasteiger partial charge is 0.497 e. The number of benzene rings is 3. The average molecular weight is 448 g/mol. The molecule has 0 aliphatic carbocycles. The van der Waals surface area contributed by atoms with Crippen LogP contribution >= 0.6 is 0 Å². The summed E-state index contributed by atoms with van der Waals surface area (Å²) in [4.78, 5) is 12.4. The van der Waals surface area contributed by atoms with Gasteiger partial charge in [-0.25, -0.2) is 9.18 Å². The van der Waals surface area contributed by atoms with E-state index >= 15 is 0 Å². The van der Waals surface area contributed by atoms with Crippen LogP contribution in [0.1, 0.15) is 27.2 Å². The van der Waals surface area contributed by atoms with Crippen LogP contribution < -0.4 is 14.8 Å². The van der Waals surface area contributed by atoms with Crippen molar-refractivity contribution in [2.24, 2.45) is 0 Å². The number of hydrogen-bond acceptors (Lipinski definition) is 4. The van der Waals surface area contributed by atoms with E-state index in [4.69, 9.17) is 9.47 Å². The molecule has 0 atom stereocenters. The fourth-order valence-corrected chi connectivity index (χ4v) is 4.03. The van der Waals surface area contributed by atoms with E-state index in [0.29, 0.717) is 35.5 Å². The molecule has 0 saturated heterocycles. The lowest BCUT2D eigenvalue weighted by Gasteiger charge is -2.11. The number of methoxy groups -OCH3 is 2. The minimum atomic E-state index is -1.07. The third-order valence-corrected chi connectivity index (χ3v) is 5.63. The number of hydrogen-bond donors (Lipinski definition) is 2. The molecule has 0 saturated carbocycles. The summed E-state index contributed by atoms with van der Waals surface area (Å²) < 4.78 is 26.7. The Morgan fingerprint density at radius 3 is 2.45 bits per heavy atom. The molecule has 4 rings (SSSR count). The van der Waals surface area contributed by atoms with E-state index in [9.17, 15) is 14.3 Å². The van der Waals surface area contributed by atoms with E-state index in [1.807, 2.05) is 30.3 Å². The van der Waals surface area contributed by atoms with Crippen molar-refractivity contribution >= 4 is 16.9 Å². The fourth-order valence-electron chi connectivity index (χ4n) is 4.03. The molecule has 0 amide bonds. The van der Waals surface area contributed by atoms with Gasteiger partial charge in [-0.3, -0.25) is 0 Å². The van der Waals surface area contributed by atoms with Gasteiger partial charge in [0.1, 0.15) is 23.0 Å². The maximum Gasteiger partial charge on any atom is 0.352 e. The van der Waals surface area contributed by atoms with Crippen molar-refractivity contribution in [1.29, 1.82) is 0 Å². The molecule has 0 fully saturated rings. The summed E-state index contributed by atoms with van der Waals surface area (Å²) in [7, 11) is 3.17. The minimum absolute atomic E-state index is 0.0911. The monoisotopic (exact) mass is 448 g/mol. The number of halogens is 1. The Labute approximate surface area is 191 Å². The van der Waals surface area contributed by atoms with Crippen LogP contribution in [0, 0.1) is 5.82 Å². The number of carboxylic acid groups (broad SMARTS) is 1. The van der Waals surface area contributed by atoms with Crippen molar-refractivity contribution < 1.29 is 23.8 Å². The van der Waals surface area contributed by atoms with Gasteiger partial charge in [0.15, 0.2) is 0 Å². The van der Waals surface area contributed by atoms with Crippen LogP contribution in [-0.2, 0) is 19.6 Å². The molecule has 4 aromatic rings. The number of ether oxygens (including phenoxy) is 2. The van der Waals surface area contributed by atoms with Gasteiger partial charge in [-0.15, -0.1) is 0 Å². The molecule has 7 heteroatoms. The molecule has 33 heavy (non-hydrogen) atoms. The van der Waals surface area contributed by atoms with Crippen molar-refractivity contribution in [3.05, 3.63) is 94.9 Å². The molecule has 3 aromatic carbocycles. The molecule has 1 heterocycles. The van der Waals surface area contributed by atoms with Crippen LogP contribution in [0.3, 0.4) is 0 Å². The summed E-state index contributed by atoms with van der Waals surface area (Å²) in [6.07, 6.45) is 0. The first kappa shape index (κ1) is 22.4. The van der Waals surface area contributed by atoms with E-state index in [1.165, 1.54) is 6.07 Å². The molecule has 0 aliphatic heterocycles. The molecular weight excluding hydrogens is 423 g/mol. The zero-order valence-electron chi connectivity index (χ0n) is 18.5. The zero-order chi connectivity index (χ0) is 23.4. The Balaban J connectivity index is 1.74. The molecule has 0 bridgehead atoms. The van der Waals surface area contributed by atoms with Crippen LogP contribution in [-0.4, -0.2) is 29.9 Å². The van der Waals surface area contributed by atoms with Crippen molar-refractivity contribution in [2.75, 3.05) is 14.2 Å². The van der Waals surface area contributed by atoms with Gasteiger partial charge in [0.05, 0.1) is 26.3 Å². The number of rotatable bonds is 9. The third-order valence-electron chi connectivity index (χ3n) is 5.63. The molecule has 2 N–H and O–H groups in total. The highest BCUT2D eigenvalue weighted by atomic mass is 19.1. The van der Waals surface area contributed by atoms with Gasteiger partial charge in [0, 0.05) is 35.7 Å². The quantitative estimate of drug-likeness (QED) is 0.384. The highest BCUT2D eigenvalue weighted by Crippen LogP contribution is 2.31. The predicted molar refractivity (Wildman–Crippen MR) is 124 cm³/mol. The number of aromatic carboxylic acids is 1. The lowest BCUT2D eigenvalue weighted by atomic mass is 10.1. The zero-order valence-corrected chi connectivity index (χ0v) is 18.5. The van der Waals surface area contributed by atoms with Crippen molar-refractivity contribution in [3.8, 4) is 11.5 Å². The van der Waals surface area contributed by atoms with Gasteiger partial charge in [-0.1, -0.05) is 30.3 Å². The van der Waals surface area contributed by atoms with Crippen LogP contribution in [0.2, 0.25) is 0 Å². The highest BCUT2D eigenvalue weighted by molar-refractivity contribution is 5.98. The first-order chi connectivity index (χ1) is 16.0. The Morgan fingerprint density at radius 1 is 0.970 bits per heavy atom. The second kappa shape index (κ2) is 9.75. The van der Waals surface area contributed by atoms with E-state index in [1.54, 1.807) is 49.1 Å². The Bertz CT molecular complexity index is 1300. The number of aromatic nitrogens is 1. The first-order valence-electron chi connectivity index (χ1n) is 10.5. The summed E-state index contributed by atoms with van der Waals surface area (Å²) in [5.41, 5.74) is 2.87. The van der Waals surface area contributed by atoms with E-state index in [-0.39, 0.29) is 18.1 Å². The fraction of sp³-hybridized carbons (Fsp3) is 0.192. The molecule has 170 valence electrons. The first-order valence-corrected chi connectivity index (χ1v) is 10.5. The smallest absolute Gasteiger partial charge is 0.352 e. The molecule has 1 aromatic heterocycles. The third kappa shape index (κ3) is 4.68. The highest BCUT2D eigenvalue weighted by Gasteiger charge is 2.23. The van der Waals surface area contributed by atoms with E-state index < -0.39 is 5.97 Å². The van der Waals surface area contributed by atoms with Gasteiger partial charge in [0.25, 0.3) is 0 Å². The molecule has 0 spiro atoms. The summed E-state index contributed by atoms with van der Waals surface area (Å²) >= 11 is 0. The van der Waals surface area contributed by atoms with Gasteiger partial charge in [-0.05, 0) is 35.9 Å². The van der Waals surface area contributed by atoms with Crippen molar-refractivity contribution in [3.63, 3.8) is 0 Å². The van der Waals surface area contributed by atoms with Crippen molar-refractivity contribution in [1.82, 2.24) is 9.88 Å². The number of nitrogens with one attached hydrogen (secondary N) is 1. The van der Waals surface area contributed by atoms with E-state index in [2.05, 4.69) is 5.32 Å². The van der Waals surface area contributed by atoms with Crippen molar-refractivity contribution in [2.45, 2.75) is 19.6 Å². The normalized spacial score (nSPS) is 11.0. The summed E-state index contributed by atoms with van der Waals surface area (Å²) in [5, 5.41) is 14.2. The van der Waals surface area contributed by atoms with Crippen LogP contribution in [0.25, 0.3) is 10.9 Å². The van der Waals surface area contributed by atoms with Crippen LogP contribution in [0.5, 0.6) is 11.5 Å². The SMILES string of the molecule is COc1cccc(CNCc2c(C(=O)O)n(Cc3ccccc3F)c3cc(OC)ccc23)c1. The number of fused-ring (bicyclic) bond motifs is 1. The minimum Gasteiger partial charge on any atom is -0.497 e. The molecule has 6 nitrogen and oxygen atoms in total. The van der Waals surface area contributed by atoms with Gasteiger partial charge >= 0.3 is 5.97 Å². The standard InChI is InChI=1S/C26H25FN2O4/c1-32-19-8-5-6-17(12-19)14-28-15-22-21-11-10-20(33-2)13-24(21)29(25(22)26(30)31)16-18-7-3-4-9-23(18)27/h3-13,28H,14-16H2,1-2H3,(H,30,31). The molecule has 0 aliphatic rings. The van der Waals surface area contributed by atoms with Crippen LogP contribution in [0.15, 0.2) is 66.7 Å².